The van der Waals surface area contributed by atoms with Crippen molar-refractivity contribution in [1.29, 1.82) is 0 Å². The molecule has 1 aliphatic heterocycles. The van der Waals surface area contributed by atoms with E-state index in [9.17, 15) is 0 Å². The van der Waals surface area contributed by atoms with Crippen molar-refractivity contribution < 1.29 is 0 Å². The Kier molecular flexibility index (Phi) is 2.63. The fourth-order valence-corrected chi connectivity index (χ4v) is 1.91. The Balaban J connectivity index is 2.24. The van der Waals surface area contributed by atoms with Crippen molar-refractivity contribution in [1.82, 2.24) is 15.3 Å². The summed E-state index contributed by atoms with van der Waals surface area (Å²) in [5.74, 6) is 0.373. The molecular weight excluding hydrogens is 176 g/mol. The van der Waals surface area contributed by atoms with Gasteiger partial charge in [0.05, 0.1) is 5.69 Å². The smallest absolute Gasteiger partial charge is 0.220 e. The average molecular weight is 192 g/mol. The zero-order valence-corrected chi connectivity index (χ0v) is 8.45. The summed E-state index contributed by atoms with van der Waals surface area (Å²) in [4.78, 5) is 8.27. The third-order valence-electron chi connectivity index (χ3n) is 2.67. The summed E-state index contributed by atoms with van der Waals surface area (Å²) in [6, 6.07) is 0.369. The van der Waals surface area contributed by atoms with E-state index < -0.39 is 0 Å². The molecule has 1 aromatic heterocycles. The average Bonchev–Trinajstić information content (AvgIpc) is 2.23. The Hall–Kier alpha value is -1.16. The van der Waals surface area contributed by atoms with Gasteiger partial charge in [0.2, 0.25) is 5.95 Å². The molecule has 0 amide bonds. The summed E-state index contributed by atoms with van der Waals surface area (Å²) >= 11 is 0. The SMILES string of the molecule is Cc1cnc(N)nc1[C@@H]1CCCCN1. The number of nitrogens with zero attached hydrogens (tertiary/aromatic N) is 2. The molecule has 0 spiro atoms. The number of hydrogen-bond acceptors (Lipinski definition) is 4. The Morgan fingerprint density at radius 1 is 1.50 bits per heavy atom. The molecule has 4 nitrogen and oxygen atoms in total. The Bertz CT molecular complexity index is 318. The van der Waals surface area contributed by atoms with Gasteiger partial charge in [-0.3, -0.25) is 0 Å². The maximum absolute atomic E-state index is 5.58. The maximum atomic E-state index is 5.58. The molecule has 2 heterocycles. The minimum Gasteiger partial charge on any atom is -0.368 e. The largest absolute Gasteiger partial charge is 0.368 e. The molecule has 1 aliphatic rings. The van der Waals surface area contributed by atoms with Crippen LogP contribution in [0, 0.1) is 6.92 Å². The molecule has 0 unspecified atom stereocenters. The van der Waals surface area contributed by atoms with E-state index in [0.29, 0.717) is 12.0 Å². The van der Waals surface area contributed by atoms with Crippen LogP contribution in [0.1, 0.15) is 36.6 Å². The van der Waals surface area contributed by atoms with Crippen molar-refractivity contribution in [3.05, 3.63) is 17.5 Å². The minimum absolute atomic E-state index is 0.369. The van der Waals surface area contributed by atoms with Crippen molar-refractivity contribution in [2.45, 2.75) is 32.2 Å². The normalized spacial score (nSPS) is 22.2. The summed E-state index contributed by atoms with van der Waals surface area (Å²) in [5.41, 5.74) is 7.77. The molecule has 0 radical (unpaired) electrons. The number of nitrogen functional groups attached to an aromatic ring is 1. The number of anilines is 1. The van der Waals surface area contributed by atoms with Crippen molar-refractivity contribution in [3.63, 3.8) is 0 Å². The number of nitrogens with one attached hydrogen (secondary N) is 1. The third kappa shape index (κ3) is 1.85. The van der Waals surface area contributed by atoms with Gasteiger partial charge in [-0.25, -0.2) is 9.97 Å². The van der Waals surface area contributed by atoms with E-state index in [0.717, 1.165) is 24.2 Å². The molecule has 0 aliphatic carbocycles. The predicted molar refractivity (Wildman–Crippen MR) is 55.8 cm³/mol. The van der Waals surface area contributed by atoms with E-state index in [1.165, 1.54) is 12.8 Å². The van der Waals surface area contributed by atoms with Gasteiger partial charge in [-0.15, -0.1) is 0 Å². The van der Waals surface area contributed by atoms with E-state index in [1.54, 1.807) is 6.20 Å². The quantitative estimate of drug-likeness (QED) is 0.701. The van der Waals surface area contributed by atoms with Gasteiger partial charge in [0.1, 0.15) is 0 Å². The van der Waals surface area contributed by atoms with Gasteiger partial charge in [0.15, 0.2) is 0 Å². The van der Waals surface area contributed by atoms with Crippen molar-refractivity contribution in [2.24, 2.45) is 0 Å². The number of piperidine rings is 1. The van der Waals surface area contributed by atoms with Crippen LogP contribution < -0.4 is 11.1 Å². The summed E-state index contributed by atoms with van der Waals surface area (Å²) in [6.07, 6.45) is 5.47. The van der Waals surface area contributed by atoms with Gasteiger partial charge in [0.25, 0.3) is 0 Å². The molecule has 0 saturated carbocycles. The first-order valence-corrected chi connectivity index (χ1v) is 5.10. The van der Waals surface area contributed by atoms with Crippen LogP contribution in [-0.2, 0) is 0 Å². The van der Waals surface area contributed by atoms with E-state index in [1.807, 2.05) is 6.92 Å². The lowest BCUT2D eigenvalue weighted by Gasteiger charge is -2.24. The minimum atomic E-state index is 0.369. The lowest BCUT2D eigenvalue weighted by molar-refractivity contribution is 0.404. The van der Waals surface area contributed by atoms with Gasteiger partial charge in [0, 0.05) is 12.2 Å². The van der Waals surface area contributed by atoms with Crippen LogP contribution in [0.5, 0.6) is 0 Å². The Morgan fingerprint density at radius 2 is 2.36 bits per heavy atom. The van der Waals surface area contributed by atoms with Gasteiger partial charge >= 0.3 is 0 Å². The van der Waals surface area contributed by atoms with Gasteiger partial charge in [-0.2, -0.15) is 0 Å². The van der Waals surface area contributed by atoms with E-state index in [2.05, 4.69) is 15.3 Å². The van der Waals surface area contributed by atoms with Crippen molar-refractivity contribution in [3.8, 4) is 0 Å². The standard InChI is InChI=1S/C10H16N4/c1-7-6-13-10(11)14-9(7)8-4-2-3-5-12-8/h6,8,12H,2-5H2,1H3,(H2,11,13,14)/t8-/m0/s1. The highest BCUT2D eigenvalue weighted by Crippen LogP contribution is 2.23. The molecule has 2 rings (SSSR count). The van der Waals surface area contributed by atoms with Crippen LogP contribution in [-0.4, -0.2) is 16.5 Å². The highest BCUT2D eigenvalue weighted by atomic mass is 15.0. The first-order valence-electron chi connectivity index (χ1n) is 5.10. The van der Waals surface area contributed by atoms with Crippen LogP contribution in [0.4, 0.5) is 5.95 Å². The Labute approximate surface area is 83.9 Å². The molecular formula is C10H16N4. The van der Waals surface area contributed by atoms with Crippen LogP contribution >= 0.6 is 0 Å². The summed E-state index contributed by atoms with van der Waals surface area (Å²) in [5, 5.41) is 3.46. The highest BCUT2D eigenvalue weighted by Gasteiger charge is 2.18. The Morgan fingerprint density at radius 3 is 3.07 bits per heavy atom. The van der Waals surface area contributed by atoms with Crippen LogP contribution in [0.3, 0.4) is 0 Å². The van der Waals surface area contributed by atoms with Crippen LogP contribution in [0.25, 0.3) is 0 Å². The molecule has 0 aromatic carbocycles. The summed E-state index contributed by atoms with van der Waals surface area (Å²) in [6.45, 7) is 3.11. The second kappa shape index (κ2) is 3.92. The van der Waals surface area contributed by atoms with Gasteiger partial charge in [-0.1, -0.05) is 6.42 Å². The molecule has 1 aromatic rings. The number of aryl methyl sites for hydroxylation is 1. The van der Waals surface area contributed by atoms with Gasteiger partial charge in [-0.05, 0) is 31.9 Å². The summed E-state index contributed by atoms with van der Waals surface area (Å²) < 4.78 is 0. The molecule has 4 heteroatoms. The molecule has 1 saturated heterocycles. The second-order valence-electron chi connectivity index (χ2n) is 3.80. The lowest BCUT2D eigenvalue weighted by atomic mass is 9.99. The molecule has 76 valence electrons. The number of rotatable bonds is 1. The molecule has 14 heavy (non-hydrogen) atoms. The van der Waals surface area contributed by atoms with E-state index >= 15 is 0 Å². The van der Waals surface area contributed by atoms with Crippen LogP contribution in [0.15, 0.2) is 6.20 Å². The van der Waals surface area contributed by atoms with Gasteiger partial charge < -0.3 is 11.1 Å². The third-order valence-corrected chi connectivity index (χ3v) is 2.67. The fourth-order valence-electron chi connectivity index (χ4n) is 1.91. The first-order chi connectivity index (χ1) is 6.77. The molecule has 3 N–H and O–H groups in total. The number of hydrogen-bond donors (Lipinski definition) is 2. The number of nitrogens with two attached hydrogens (primary N) is 1. The zero-order valence-electron chi connectivity index (χ0n) is 8.45. The van der Waals surface area contributed by atoms with Crippen LogP contribution in [0.2, 0.25) is 0 Å². The molecule has 1 atom stereocenters. The van der Waals surface area contributed by atoms with Crippen molar-refractivity contribution >= 4 is 5.95 Å². The highest BCUT2D eigenvalue weighted by molar-refractivity contribution is 5.26. The van der Waals surface area contributed by atoms with E-state index in [-0.39, 0.29) is 0 Å². The number of aromatic nitrogens is 2. The topological polar surface area (TPSA) is 63.8 Å². The molecule has 1 fully saturated rings. The fraction of sp³-hybridized carbons (Fsp3) is 0.600. The lowest BCUT2D eigenvalue weighted by Crippen LogP contribution is -2.28. The monoisotopic (exact) mass is 192 g/mol. The predicted octanol–water partition coefficient (Wildman–Crippen LogP) is 1.18. The summed E-state index contributed by atoms with van der Waals surface area (Å²) in [7, 11) is 0. The maximum Gasteiger partial charge on any atom is 0.220 e. The second-order valence-corrected chi connectivity index (χ2v) is 3.80. The molecule has 0 bridgehead atoms. The van der Waals surface area contributed by atoms with E-state index in [4.69, 9.17) is 5.73 Å². The van der Waals surface area contributed by atoms with Crippen molar-refractivity contribution in [2.75, 3.05) is 12.3 Å². The first kappa shape index (κ1) is 9.40. The zero-order chi connectivity index (χ0) is 9.97.